The van der Waals surface area contributed by atoms with Gasteiger partial charge in [-0.1, -0.05) is 40.0 Å². The highest BCUT2D eigenvalue weighted by atomic mass is 16.2. The number of nitrogens with one attached hydrogen (secondary N) is 1. The lowest BCUT2D eigenvalue weighted by Crippen LogP contribution is -2.64. The maximum Gasteiger partial charge on any atom is 0.246 e. The fraction of sp³-hybridized carbons (Fsp3) is 0.882. The Balaban J connectivity index is 2.04. The van der Waals surface area contributed by atoms with Gasteiger partial charge in [0.15, 0.2) is 0 Å². The van der Waals surface area contributed by atoms with Crippen molar-refractivity contribution in [1.82, 2.24) is 10.2 Å². The Kier molecular flexibility index (Phi) is 5.28. The van der Waals surface area contributed by atoms with E-state index < -0.39 is 0 Å². The standard InChI is InChI=1S/C17H30N2O2/c1-5-12(3)15-17(21)19(13(4)16(20)18-15)10-14-8-6-11(2)7-9-14/h11-15H,5-10H2,1-4H3,(H,18,20). The molecule has 2 aliphatic rings. The van der Waals surface area contributed by atoms with Crippen LogP contribution in [0.4, 0.5) is 0 Å². The number of nitrogens with zero attached hydrogens (tertiary/aromatic N) is 1. The molecule has 2 rings (SSSR count). The van der Waals surface area contributed by atoms with Crippen molar-refractivity contribution in [3.63, 3.8) is 0 Å². The zero-order valence-electron chi connectivity index (χ0n) is 13.9. The molecule has 2 amide bonds. The van der Waals surface area contributed by atoms with Gasteiger partial charge in [-0.15, -0.1) is 0 Å². The van der Waals surface area contributed by atoms with E-state index in [1.54, 1.807) is 0 Å². The first-order chi connectivity index (χ1) is 9.93. The third kappa shape index (κ3) is 3.58. The molecule has 0 spiro atoms. The smallest absolute Gasteiger partial charge is 0.246 e. The Morgan fingerprint density at radius 2 is 1.81 bits per heavy atom. The molecule has 1 saturated carbocycles. The second-order valence-electron chi connectivity index (χ2n) is 7.16. The molecule has 3 atom stereocenters. The van der Waals surface area contributed by atoms with Crippen LogP contribution in [0, 0.1) is 17.8 Å². The van der Waals surface area contributed by atoms with Gasteiger partial charge in [0.1, 0.15) is 12.1 Å². The molecule has 4 nitrogen and oxygen atoms in total. The number of hydrogen-bond acceptors (Lipinski definition) is 2. The van der Waals surface area contributed by atoms with Gasteiger partial charge in [0, 0.05) is 6.54 Å². The van der Waals surface area contributed by atoms with Crippen molar-refractivity contribution in [3.05, 3.63) is 0 Å². The van der Waals surface area contributed by atoms with Gasteiger partial charge in [-0.25, -0.2) is 0 Å². The Bertz CT molecular complexity index is 388. The van der Waals surface area contributed by atoms with E-state index >= 15 is 0 Å². The number of hydrogen-bond donors (Lipinski definition) is 1. The molecular weight excluding hydrogens is 264 g/mol. The zero-order chi connectivity index (χ0) is 15.6. The SMILES string of the molecule is CCC(C)C1NC(=O)C(C)N(CC2CCC(C)CC2)C1=O. The lowest BCUT2D eigenvalue weighted by Gasteiger charge is -2.41. The van der Waals surface area contributed by atoms with Crippen LogP contribution in [0.5, 0.6) is 0 Å². The van der Waals surface area contributed by atoms with Crippen molar-refractivity contribution in [2.24, 2.45) is 17.8 Å². The summed E-state index contributed by atoms with van der Waals surface area (Å²) in [4.78, 5) is 26.7. The molecule has 0 radical (unpaired) electrons. The first-order valence-corrected chi connectivity index (χ1v) is 8.54. The summed E-state index contributed by atoms with van der Waals surface area (Å²) in [6.07, 6.45) is 5.78. The average molecular weight is 294 g/mol. The number of carbonyl (C=O) groups is 2. The molecule has 1 aliphatic carbocycles. The minimum Gasteiger partial charge on any atom is -0.342 e. The molecule has 1 N–H and O–H groups in total. The molecule has 0 aromatic carbocycles. The summed E-state index contributed by atoms with van der Waals surface area (Å²) in [6, 6.07) is -0.654. The van der Waals surface area contributed by atoms with Gasteiger partial charge < -0.3 is 10.2 Å². The van der Waals surface area contributed by atoms with Crippen molar-refractivity contribution < 1.29 is 9.59 Å². The van der Waals surface area contributed by atoms with Crippen LogP contribution in [0.3, 0.4) is 0 Å². The van der Waals surface area contributed by atoms with Crippen molar-refractivity contribution in [2.45, 2.75) is 71.9 Å². The molecule has 120 valence electrons. The minimum absolute atomic E-state index is 0.00378. The molecule has 21 heavy (non-hydrogen) atoms. The Hall–Kier alpha value is -1.06. The van der Waals surface area contributed by atoms with E-state index in [-0.39, 0.29) is 29.8 Å². The third-order valence-electron chi connectivity index (χ3n) is 5.50. The molecule has 0 aromatic heterocycles. The van der Waals surface area contributed by atoms with Crippen LogP contribution in [-0.2, 0) is 9.59 Å². The number of rotatable bonds is 4. The number of carbonyl (C=O) groups excluding carboxylic acids is 2. The summed E-state index contributed by atoms with van der Waals surface area (Å²) in [7, 11) is 0. The quantitative estimate of drug-likeness (QED) is 0.866. The second-order valence-corrected chi connectivity index (χ2v) is 7.16. The number of piperazine rings is 1. The average Bonchev–Trinajstić information content (AvgIpc) is 2.48. The lowest BCUT2D eigenvalue weighted by atomic mass is 9.82. The normalized spacial score (nSPS) is 35.5. The summed E-state index contributed by atoms with van der Waals surface area (Å²) in [5, 5.41) is 2.91. The predicted molar refractivity (Wildman–Crippen MR) is 83.7 cm³/mol. The van der Waals surface area contributed by atoms with Crippen LogP contribution in [-0.4, -0.2) is 35.3 Å². The van der Waals surface area contributed by atoms with Gasteiger partial charge >= 0.3 is 0 Å². The third-order valence-corrected chi connectivity index (χ3v) is 5.50. The Morgan fingerprint density at radius 1 is 1.19 bits per heavy atom. The van der Waals surface area contributed by atoms with Gasteiger partial charge in [-0.3, -0.25) is 9.59 Å². The highest BCUT2D eigenvalue weighted by Crippen LogP contribution is 2.30. The van der Waals surface area contributed by atoms with Crippen LogP contribution in [0.25, 0.3) is 0 Å². The Morgan fingerprint density at radius 3 is 2.38 bits per heavy atom. The van der Waals surface area contributed by atoms with Crippen LogP contribution < -0.4 is 5.32 Å². The monoisotopic (exact) mass is 294 g/mol. The van der Waals surface area contributed by atoms with Crippen LogP contribution in [0.1, 0.15) is 59.8 Å². The van der Waals surface area contributed by atoms with Crippen LogP contribution in [0.2, 0.25) is 0 Å². The van der Waals surface area contributed by atoms with Crippen LogP contribution in [0.15, 0.2) is 0 Å². The first-order valence-electron chi connectivity index (χ1n) is 8.54. The molecule has 1 saturated heterocycles. The van der Waals surface area contributed by atoms with Crippen LogP contribution >= 0.6 is 0 Å². The molecule has 1 heterocycles. The van der Waals surface area contributed by atoms with Gasteiger partial charge in [0.2, 0.25) is 11.8 Å². The molecule has 0 aromatic rings. The van der Waals surface area contributed by atoms with Crippen molar-refractivity contribution in [2.75, 3.05) is 6.54 Å². The molecule has 2 fully saturated rings. The minimum atomic E-state index is -0.332. The fourth-order valence-corrected chi connectivity index (χ4v) is 3.51. The summed E-state index contributed by atoms with van der Waals surface area (Å²) in [5.74, 6) is 1.70. The molecular formula is C17H30N2O2. The van der Waals surface area contributed by atoms with E-state index in [0.717, 1.165) is 18.9 Å². The largest absolute Gasteiger partial charge is 0.342 e. The maximum absolute atomic E-state index is 12.7. The number of amides is 2. The summed E-state index contributed by atoms with van der Waals surface area (Å²) < 4.78 is 0. The van der Waals surface area contributed by atoms with E-state index in [0.29, 0.717) is 5.92 Å². The molecule has 1 aliphatic heterocycles. The maximum atomic E-state index is 12.7. The van der Waals surface area contributed by atoms with E-state index in [9.17, 15) is 9.59 Å². The van der Waals surface area contributed by atoms with E-state index in [1.807, 2.05) is 18.7 Å². The highest BCUT2D eigenvalue weighted by Gasteiger charge is 2.40. The zero-order valence-corrected chi connectivity index (χ0v) is 13.9. The summed E-state index contributed by atoms with van der Waals surface area (Å²) in [6.45, 7) is 9.02. The second kappa shape index (κ2) is 6.80. The first kappa shape index (κ1) is 16.3. The molecule has 4 heteroatoms. The predicted octanol–water partition coefficient (Wildman–Crippen LogP) is 2.57. The van der Waals surface area contributed by atoms with Gasteiger partial charge in [0.25, 0.3) is 0 Å². The van der Waals surface area contributed by atoms with Crippen molar-refractivity contribution in [1.29, 1.82) is 0 Å². The highest BCUT2D eigenvalue weighted by molar-refractivity contribution is 5.96. The van der Waals surface area contributed by atoms with E-state index in [4.69, 9.17) is 0 Å². The van der Waals surface area contributed by atoms with Crippen molar-refractivity contribution in [3.8, 4) is 0 Å². The van der Waals surface area contributed by atoms with Crippen molar-refractivity contribution >= 4 is 11.8 Å². The summed E-state index contributed by atoms with van der Waals surface area (Å²) >= 11 is 0. The lowest BCUT2D eigenvalue weighted by molar-refractivity contribution is -0.151. The summed E-state index contributed by atoms with van der Waals surface area (Å²) in [5.41, 5.74) is 0. The molecule has 0 bridgehead atoms. The van der Waals surface area contributed by atoms with E-state index in [2.05, 4.69) is 19.2 Å². The van der Waals surface area contributed by atoms with Gasteiger partial charge in [0.05, 0.1) is 0 Å². The molecule has 3 unspecified atom stereocenters. The van der Waals surface area contributed by atoms with Gasteiger partial charge in [-0.2, -0.15) is 0 Å². The fourth-order valence-electron chi connectivity index (χ4n) is 3.51. The van der Waals surface area contributed by atoms with E-state index in [1.165, 1.54) is 25.7 Å². The topological polar surface area (TPSA) is 49.4 Å². The van der Waals surface area contributed by atoms with Gasteiger partial charge in [-0.05, 0) is 37.5 Å². The Labute approximate surface area is 128 Å².